The number of aliphatic hydroxyl groups is 1. The number of hydrogen-bond donors (Lipinski definition) is 3. The predicted molar refractivity (Wildman–Crippen MR) is 183 cm³/mol. The lowest BCUT2D eigenvalue weighted by Gasteiger charge is -2.31. The standard InChI is InChI=1S/C36H44BrN3O7/c1-5-44-30-14-9-6-11-25(30)20-22-38-40-34(43)36(21-19-31(42)47-35(2,3)4)32(28-12-7-8-13-29(28)37)46-33(39-36)26-15-17-27(18-16-26)45-24-10-23-41/h6-9,11-18,32,38,41H,5,10,19-24H2,1-4H3,(H,40,43)/t32-,36-/m0/s1. The van der Waals surface area contributed by atoms with Crippen LogP contribution in [0.3, 0.4) is 0 Å². The number of carbonyl (C=O) groups excluding carboxylic acids is 2. The lowest BCUT2D eigenvalue weighted by molar-refractivity contribution is -0.155. The van der Waals surface area contributed by atoms with E-state index in [1.165, 1.54) is 0 Å². The van der Waals surface area contributed by atoms with Gasteiger partial charge >= 0.3 is 5.97 Å². The number of para-hydroxylation sites is 1. The molecule has 11 heteroatoms. The average molecular weight is 711 g/mol. The van der Waals surface area contributed by atoms with Crippen molar-refractivity contribution in [1.82, 2.24) is 10.9 Å². The smallest absolute Gasteiger partial charge is 0.306 e. The van der Waals surface area contributed by atoms with E-state index in [1.54, 1.807) is 45.0 Å². The number of hydrogen-bond acceptors (Lipinski definition) is 9. The second-order valence-electron chi connectivity index (χ2n) is 12.1. The van der Waals surface area contributed by atoms with Gasteiger partial charge in [0.1, 0.15) is 17.1 Å². The molecule has 1 aliphatic heterocycles. The Morgan fingerprint density at radius 1 is 1.02 bits per heavy atom. The monoisotopic (exact) mass is 709 g/mol. The van der Waals surface area contributed by atoms with Crippen molar-refractivity contribution in [3.8, 4) is 11.5 Å². The van der Waals surface area contributed by atoms with E-state index in [2.05, 4.69) is 26.8 Å². The Labute approximate surface area is 285 Å². The summed E-state index contributed by atoms with van der Waals surface area (Å²) in [6, 6.07) is 22.5. The normalized spacial score (nSPS) is 17.4. The van der Waals surface area contributed by atoms with Gasteiger partial charge in [0.2, 0.25) is 5.90 Å². The zero-order valence-electron chi connectivity index (χ0n) is 27.4. The van der Waals surface area contributed by atoms with E-state index in [4.69, 9.17) is 29.0 Å². The molecule has 0 aromatic heterocycles. The van der Waals surface area contributed by atoms with Crippen molar-refractivity contribution >= 4 is 33.7 Å². The average Bonchev–Trinajstić information content (AvgIpc) is 3.43. The van der Waals surface area contributed by atoms with Gasteiger partial charge in [0.15, 0.2) is 11.6 Å². The van der Waals surface area contributed by atoms with Gasteiger partial charge in [0.25, 0.3) is 5.91 Å². The molecule has 1 amide bonds. The second-order valence-corrected chi connectivity index (χ2v) is 12.9. The lowest BCUT2D eigenvalue weighted by Crippen LogP contribution is -2.53. The van der Waals surface area contributed by atoms with Gasteiger partial charge in [0, 0.05) is 41.6 Å². The minimum absolute atomic E-state index is 0.0282. The molecule has 0 aliphatic carbocycles. The number of amides is 1. The van der Waals surface area contributed by atoms with E-state index in [0.717, 1.165) is 15.8 Å². The summed E-state index contributed by atoms with van der Waals surface area (Å²) in [6.45, 7) is 8.75. The van der Waals surface area contributed by atoms with Crippen LogP contribution in [0.25, 0.3) is 0 Å². The Morgan fingerprint density at radius 3 is 2.45 bits per heavy atom. The first kappa shape index (κ1) is 35.9. The quantitative estimate of drug-likeness (QED) is 0.0961. The summed E-state index contributed by atoms with van der Waals surface area (Å²) in [5.41, 5.74) is 6.08. The number of esters is 1. The van der Waals surface area contributed by atoms with Crippen LogP contribution in [-0.4, -0.2) is 60.4 Å². The fourth-order valence-electron chi connectivity index (χ4n) is 5.18. The van der Waals surface area contributed by atoms with Gasteiger partial charge in [-0.1, -0.05) is 52.3 Å². The van der Waals surface area contributed by atoms with Crippen LogP contribution < -0.4 is 20.3 Å². The summed E-state index contributed by atoms with van der Waals surface area (Å²) in [5.74, 6) is 0.807. The number of ether oxygens (including phenoxy) is 4. The highest BCUT2D eigenvalue weighted by Gasteiger charge is 2.54. The molecule has 0 saturated heterocycles. The molecule has 0 saturated carbocycles. The molecule has 3 aromatic carbocycles. The number of nitrogens with one attached hydrogen (secondary N) is 2. The zero-order chi connectivity index (χ0) is 33.9. The van der Waals surface area contributed by atoms with E-state index in [0.29, 0.717) is 49.5 Å². The molecule has 1 aliphatic rings. The fourth-order valence-corrected chi connectivity index (χ4v) is 5.67. The molecule has 252 valence electrons. The van der Waals surface area contributed by atoms with Crippen molar-refractivity contribution in [2.75, 3.05) is 26.4 Å². The van der Waals surface area contributed by atoms with Crippen LogP contribution in [0, 0.1) is 0 Å². The van der Waals surface area contributed by atoms with Gasteiger partial charge in [-0.25, -0.2) is 10.4 Å². The summed E-state index contributed by atoms with van der Waals surface area (Å²) in [7, 11) is 0. The molecule has 47 heavy (non-hydrogen) atoms. The molecule has 10 nitrogen and oxygen atoms in total. The van der Waals surface area contributed by atoms with Crippen molar-refractivity contribution in [3.63, 3.8) is 0 Å². The molecule has 4 rings (SSSR count). The van der Waals surface area contributed by atoms with Crippen LogP contribution in [0.2, 0.25) is 0 Å². The molecule has 2 atom stereocenters. The Kier molecular flexibility index (Phi) is 12.8. The largest absolute Gasteiger partial charge is 0.494 e. The molecule has 0 spiro atoms. The number of aliphatic hydroxyl groups excluding tert-OH is 1. The number of carbonyl (C=O) groups is 2. The van der Waals surface area contributed by atoms with Crippen LogP contribution in [0.4, 0.5) is 0 Å². The van der Waals surface area contributed by atoms with Crippen LogP contribution >= 0.6 is 15.9 Å². The summed E-state index contributed by atoms with van der Waals surface area (Å²) in [4.78, 5) is 32.3. The number of halogens is 1. The van der Waals surface area contributed by atoms with Crippen molar-refractivity contribution < 1.29 is 33.6 Å². The molecular formula is C36H44BrN3O7. The van der Waals surface area contributed by atoms with E-state index in [1.807, 2.05) is 55.5 Å². The molecule has 0 unspecified atom stereocenters. The lowest BCUT2D eigenvalue weighted by atomic mass is 9.83. The molecule has 1 heterocycles. The third-order valence-electron chi connectivity index (χ3n) is 7.34. The predicted octanol–water partition coefficient (Wildman–Crippen LogP) is 5.85. The number of hydrazine groups is 1. The van der Waals surface area contributed by atoms with Crippen molar-refractivity contribution in [3.05, 3.63) is 94.0 Å². The van der Waals surface area contributed by atoms with E-state index >= 15 is 0 Å². The summed E-state index contributed by atoms with van der Waals surface area (Å²) in [6.07, 6.45) is 0.225. The highest BCUT2D eigenvalue weighted by molar-refractivity contribution is 9.10. The molecule has 0 radical (unpaired) electrons. The number of nitrogens with zero attached hydrogens (tertiary/aromatic N) is 1. The topological polar surface area (TPSA) is 128 Å². The van der Waals surface area contributed by atoms with Gasteiger partial charge in [-0.3, -0.25) is 15.0 Å². The minimum Gasteiger partial charge on any atom is -0.494 e. The van der Waals surface area contributed by atoms with Crippen LogP contribution in [-0.2, 0) is 25.5 Å². The number of benzene rings is 3. The van der Waals surface area contributed by atoms with Crippen molar-refractivity contribution in [2.24, 2.45) is 4.99 Å². The third-order valence-corrected chi connectivity index (χ3v) is 8.06. The van der Waals surface area contributed by atoms with Crippen molar-refractivity contribution in [2.45, 2.75) is 70.6 Å². The minimum atomic E-state index is -1.53. The van der Waals surface area contributed by atoms with Gasteiger partial charge in [-0.2, -0.15) is 0 Å². The molecule has 0 bridgehead atoms. The Balaban J connectivity index is 1.64. The fraction of sp³-hybridized carbons (Fsp3) is 0.417. The third kappa shape index (κ3) is 9.79. The van der Waals surface area contributed by atoms with Crippen LogP contribution in [0.15, 0.2) is 82.3 Å². The molecule has 0 fully saturated rings. The highest BCUT2D eigenvalue weighted by atomic mass is 79.9. The maximum absolute atomic E-state index is 14.3. The first-order chi connectivity index (χ1) is 22.6. The number of aliphatic imine (C=N–C) groups is 1. The van der Waals surface area contributed by atoms with Gasteiger partial charge < -0.3 is 24.1 Å². The highest BCUT2D eigenvalue weighted by Crippen LogP contribution is 2.45. The molecule has 3 N–H and O–H groups in total. The van der Waals surface area contributed by atoms with E-state index < -0.39 is 29.1 Å². The Morgan fingerprint density at radius 2 is 1.74 bits per heavy atom. The van der Waals surface area contributed by atoms with Crippen LogP contribution in [0.1, 0.15) is 69.8 Å². The first-order valence-corrected chi connectivity index (χ1v) is 16.7. The Bertz CT molecular complexity index is 1520. The van der Waals surface area contributed by atoms with E-state index in [-0.39, 0.29) is 25.3 Å². The second kappa shape index (κ2) is 16.8. The maximum atomic E-state index is 14.3. The van der Waals surface area contributed by atoms with Crippen LogP contribution in [0.5, 0.6) is 11.5 Å². The summed E-state index contributed by atoms with van der Waals surface area (Å²) in [5, 5.41) is 9.06. The van der Waals surface area contributed by atoms with Gasteiger partial charge in [0.05, 0.1) is 13.2 Å². The van der Waals surface area contributed by atoms with Gasteiger partial charge in [-0.15, -0.1) is 0 Å². The zero-order valence-corrected chi connectivity index (χ0v) is 29.0. The molecule has 3 aromatic rings. The SMILES string of the molecule is CCOc1ccccc1CCNNC(=O)[C@@]1(CCC(=O)OC(C)(C)C)N=C(c2ccc(OCCCO)cc2)O[C@H]1c1ccccc1Br. The van der Waals surface area contributed by atoms with E-state index in [9.17, 15) is 9.59 Å². The first-order valence-electron chi connectivity index (χ1n) is 15.9. The number of rotatable bonds is 16. The maximum Gasteiger partial charge on any atom is 0.306 e. The van der Waals surface area contributed by atoms with Crippen molar-refractivity contribution in [1.29, 1.82) is 0 Å². The summed E-state index contributed by atoms with van der Waals surface area (Å²) < 4.78 is 24.3. The summed E-state index contributed by atoms with van der Waals surface area (Å²) >= 11 is 3.64. The van der Waals surface area contributed by atoms with Gasteiger partial charge in [-0.05, 0) is 82.5 Å². The Hall–Kier alpha value is -3.93. The molecular weight excluding hydrogens is 666 g/mol.